The molecule has 4 rings (SSSR count). The number of aromatic nitrogens is 1. The van der Waals surface area contributed by atoms with Crippen molar-refractivity contribution >= 4 is 10.9 Å². The van der Waals surface area contributed by atoms with E-state index in [2.05, 4.69) is 72.6 Å². The molecule has 1 aliphatic heterocycles. The van der Waals surface area contributed by atoms with Crippen LogP contribution in [-0.2, 0) is 6.42 Å². The van der Waals surface area contributed by atoms with Crippen LogP contribution in [-0.4, -0.2) is 30.0 Å². The van der Waals surface area contributed by atoms with Crippen LogP contribution in [0.1, 0.15) is 24.8 Å². The van der Waals surface area contributed by atoms with E-state index in [9.17, 15) is 0 Å². The standard InChI is InChI=1S/C23H26N2/c1-25-15-7-8-18(17-25)13-14-20-16-23(19-9-3-2-4-10-19)24-22-12-6-5-11-21(20)22/h2-6,9-12,16,18H,7-8,13-15,17H2,1H3. The zero-order chi connectivity index (χ0) is 17.1. The number of likely N-dealkylation sites (tertiary alicyclic amines) is 1. The minimum Gasteiger partial charge on any atom is -0.306 e. The highest BCUT2D eigenvalue weighted by atomic mass is 15.1. The molecule has 3 aromatic rings. The fourth-order valence-electron chi connectivity index (χ4n) is 4.08. The van der Waals surface area contributed by atoms with Gasteiger partial charge < -0.3 is 4.90 Å². The third-order valence-corrected chi connectivity index (χ3v) is 5.42. The van der Waals surface area contributed by atoms with E-state index in [0.717, 1.165) is 23.5 Å². The fraction of sp³-hybridized carbons (Fsp3) is 0.348. The molecular weight excluding hydrogens is 304 g/mol. The van der Waals surface area contributed by atoms with E-state index in [4.69, 9.17) is 4.98 Å². The zero-order valence-electron chi connectivity index (χ0n) is 15.0. The first-order valence-electron chi connectivity index (χ1n) is 9.42. The molecule has 1 fully saturated rings. The number of piperidine rings is 1. The predicted octanol–water partition coefficient (Wildman–Crippen LogP) is 5.18. The number of rotatable bonds is 4. The molecule has 0 amide bonds. The first-order chi connectivity index (χ1) is 12.3. The van der Waals surface area contributed by atoms with Crippen LogP contribution in [0.2, 0.25) is 0 Å². The largest absolute Gasteiger partial charge is 0.306 e. The third-order valence-electron chi connectivity index (χ3n) is 5.42. The van der Waals surface area contributed by atoms with Gasteiger partial charge in [-0.05, 0) is 62.9 Å². The van der Waals surface area contributed by atoms with Crippen LogP contribution in [0.3, 0.4) is 0 Å². The summed E-state index contributed by atoms with van der Waals surface area (Å²) >= 11 is 0. The van der Waals surface area contributed by atoms with Gasteiger partial charge in [0.05, 0.1) is 11.2 Å². The van der Waals surface area contributed by atoms with Gasteiger partial charge in [-0.3, -0.25) is 0 Å². The Morgan fingerprint density at radius 2 is 1.84 bits per heavy atom. The van der Waals surface area contributed by atoms with Crippen molar-refractivity contribution in [2.75, 3.05) is 20.1 Å². The lowest BCUT2D eigenvalue weighted by Gasteiger charge is -2.29. The number of hydrogen-bond donors (Lipinski definition) is 0. The van der Waals surface area contributed by atoms with Gasteiger partial charge in [-0.2, -0.15) is 0 Å². The summed E-state index contributed by atoms with van der Waals surface area (Å²) in [7, 11) is 2.25. The second-order valence-electron chi connectivity index (χ2n) is 7.36. The highest BCUT2D eigenvalue weighted by Gasteiger charge is 2.17. The maximum atomic E-state index is 4.90. The van der Waals surface area contributed by atoms with E-state index >= 15 is 0 Å². The molecule has 2 nitrogen and oxygen atoms in total. The molecule has 2 heterocycles. The molecule has 0 radical (unpaired) electrons. The molecular formula is C23H26N2. The smallest absolute Gasteiger partial charge is 0.0712 e. The zero-order valence-corrected chi connectivity index (χ0v) is 15.0. The highest BCUT2D eigenvalue weighted by molar-refractivity contribution is 5.85. The number of pyridine rings is 1. The molecule has 1 atom stereocenters. The molecule has 0 saturated carbocycles. The first kappa shape index (κ1) is 16.3. The van der Waals surface area contributed by atoms with Gasteiger partial charge in [0.1, 0.15) is 0 Å². The Labute approximate surface area is 150 Å². The summed E-state index contributed by atoms with van der Waals surface area (Å²) in [6, 6.07) is 21.4. The Kier molecular flexibility index (Phi) is 4.80. The Bertz CT molecular complexity index is 841. The number of benzene rings is 2. The third kappa shape index (κ3) is 3.74. The molecule has 1 aromatic heterocycles. The Balaban J connectivity index is 1.64. The molecule has 0 spiro atoms. The van der Waals surface area contributed by atoms with E-state index < -0.39 is 0 Å². The summed E-state index contributed by atoms with van der Waals surface area (Å²) < 4.78 is 0. The maximum absolute atomic E-state index is 4.90. The van der Waals surface area contributed by atoms with Crippen molar-refractivity contribution in [3.63, 3.8) is 0 Å². The second-order valence-corrected chi connectivity index (χ2v) is 7.36. The topological polar surface area (TPSA) is 16.1 Å². The Morgan fingerprint density at radius 3 is 2.68 bits per heavy atom. The molecule has 2 aromatic carbocycles. The van der Waals surface area contributed by atoms with Crippen LogP contribution in [0.25, 0.3) is 22.2 Å². The van der Waals surface area contributed by atoms with Gasteiger partial charge in [-0.25, -0.2) is 4.98 Å². The Hall–Kier alpha value is -2.19. The van der Waals surface area contributed by atoms with Crippen molar-refractivity contribution in [2.45, 2.75) is 25.7 Å². The summed E-state index contributed by atoms with van der Waals surface area (Å²) in [6.07, 6.45) is 5.13. The first-order valence-corrected chi connectivity index (χ1v) is 9.42. The van der Waals surface area contributed by atoms with E-state index in [1.807, 2.05) is 0 Å². The SMILES string of the molecule is CN1CCCC(CCc2cc(-c3ccccc3)nc3ccccc23)C1. The van der Waals surface area contributed by atoms with Crippen molar-refractivity contribution in [3.8, 4) is 11.3 Å². The lowest BCUT2D eigenvalue weighted by molar-refractivity contribution is 0.202. The van der Waals surface area contributed by atoms with E-state index in [0.29, 0.717) is 0 Å². The van der Waals surface area contributed by atoms with E-state index in [1.165, 1.54) is 48.9 Å². The van der Waals surface area contributed by atoms with Crippen LogP contribution in [0, 0.1) is 5.92 Å². The molecule has 1 unspecified atom stereocenters. The molecule has 0 N–H and O–H groups in total. The number of nitrogens with zero attached hydrogens (tertiary/aromatic N) is 2. The number of hydrogen-bond acceptors (Lipinski definition) is 2. The average Bonchev–Trinajstić information content (AvgIpc) is 2.66. The minimum absolute atomic E-state index is 0.825. The number of fused-ring (bicyclic) bond motifs is 1. The molecule has 1 saturated heterocycles. The lowest BCUT2D eigenvalue weighted by Crippen LogP contribution is -2.32. The van der Waals surface area contributed by atoms with Crippen molar-refractivity contribution in [1.29, 1.82) is 0 Å². The van der Waals surface area contributed by atoms with Gasteiger partial charge in [0, 0.05) is 17.5 Å². The predicted molar refractivity (Wildman–Crippen MR) is 106 cm³/mol. The van der Waals surface area contributed by atoms with Crippen LogP contribution >= 0.6 is 0 Å². The molecule has 1 aliphatic rings. The quantitative estimate of drug-likeness (QED) is 0.655. The monoisotopic (exact) mass is 330 g/mol. The van der Waals surface area contributed by atoms with Gasteiger partial charge >= 0.3 is 0 Å². The number of aryl methyl sites for hydroxylation is 1. The van der Waals surface area contributed by atoms with Crippen LogP contribution in [0.15, 0.2) is 60.7 Å². The average molecular weight is 330 g/mol. The summed E-state index contributed by atoms with van der Waals surface area (Å²) in [5, 5.41) is 1.31. The normalized spacial score (nSPS) is 18.5. The van der Waals surface area contributed by atoms with Gasteiger partial charge in [0.2, 0.25) is 0 Å². The van der Waals surface area contributed by atoms with Crippen LogP contribution < -0.4 is 0 Å². The maximum Gasteiger partial charge on any atom is 0.0712 e. The van der Waals surface area contributed by atoms with Crippen molar-refractivity contribution in [2.24, 2.45) is 5.92 Å². The summed E-state index contributed by atoms with van der Waals surface area (Å²) in [5.41, 5.74) is 4.85. The fourth-order valence-corrected chi connectivity index (χ4v) is 4.08. The van der Waals surface area contributed by atoms with Gasteiger partial charge in [0.15, 0.2) is 0 Å². The minimum atomic E-state index is 0.825. The van der Waals surface area contributed by atoms with E-state index in [1.54, 1.807) is 0 Å². The Morgan fingerprint density at radius 1 is 1.04 bits per heavy atom. The van der Waals surface area contributed by atoms with Gasteiger partial charge in [-0.15, -0.1) is 0 Å². The molecule has 0 aliphatic carbocycles. The second kappa shape index (κ2) is 7.37. The highest BCUT2D eigenvalue weighted by Crippen LogP contribution is 2.28. The van der Waals surface area contributed by atoms with Crippen LogP contribution in [0.4, 0.5) is 0 Å². The van der Waals surface area contributed by atoms with E-state index in [-0.39, 0.29) is 0 Å². The summed E-state index contributed by atoms with van der Waals surface area (Å²) in [5.74, 6) is 0.825. The van der Waals surface area contributed by atoms with Crippen LogP contribution in [0.5, 0.6) is 0 Å². The molecule has 2 heteroatoms. The summed E-state index contributed by atoms with van der Waals surface area (Å²) in [4.78, 5) is 7.39. The van der Waals surface area contributed by atoms with Crippen molar-refractivity contribution < 1.29 is 0 Å². The van der Waals surface area contributed by atoms with Crippen molar-refractivity contribution in [3.05, 3.63) is 66.2 Å². The number of para-hydroxylation sites is 1. The van der Waals surface area contributed by atoms with Crippen molar-refractivity contribution in [1.82, 2.24) is 9.88 Å². The van der Waals surface area contributed by atoms with Gasteiger partial charge in [0.25, 0.3) is 0 Å². The molecule has 0 bridgehead atoms. The molecule has 25 heavy (non-hydrogen) atoms. The summed E-state index contributed by atoms with van der Waals surface area (Å²) in [6.45, 7) is 2.50. The molecule has 128 valence electrons. The van der Waals surface area contributed by atoms with Gasteiger partial charge in [-0.1, -0.05) is 48.5 Å². The lowest BCUT2D eigenvalue weighted by atomic mass is 9.90.